The van der Waals surface area contributed by atoms with E-state index in [0.717, 1.165) is 5.56 Å². The largest absolute Gasteiger partial charge is 0.347 e. The number of Topliss-reactive ketones (excluding diaryl/α,β-unsaturated/α-hetero) is 1. The number of ketones is 1. The average Bonchev–Trinajstić information content (AvgIpc) is 2.90. The van der Waals surface area contributed by atoms with Gasteiger partial charge in [0, 0.05) is 31.9 Å². The molecular formula is C27H32F2N4O4. The van der Waals surface area contributed by atoms with Crippen LogP contribution in [0, 0.1) is 5.92 Å². The molecule has 37 heavy (non-hydrogen) atoms. The number of pyridine rings is 1. The van der Waals surface area contributed by atoms with E-state index in [1.165, 1.54) is 0 Å². The van der Waals surface area contributed by atoms with Gasteiger partial charge in [0.2, 0.25) is 23.5 Å². The van der Waals surface area contributed by atoms with Gasteiger partial charge in [-0.25, -0.2) is 8.78 Å². The molecule has 3 rings (SSSR count). The Balaban J connectivity index is 1.49. The van der Waals surface area contributed by atoms with Crippen molar-refractivity contribution in [3.05, 3.63) is 66.0 Å². The molecule has 0 radical (unpaired) electrons. The highest BCUT2D eigenvalue weighted by Gasteiger charge is 2.34. The van der Waals surface area contributed by atoms with Crippen LogP contribution in [0.4, 0.5) is 8.78 Å². The van der Waals surface area contributed by atoms with Gasteiger partial charge in [-0.1, -0.05) is 36.4 Å². The lowest BCUT2D eigenvalue weighted by Gasteiger charge is -2.28. The summed E-state index contributed by atoms with van der Waals surface area (Å²) in [6.07, 6.45) is 2.73. The molecule has 8 nitrogen and oxygen atoms in total. The molecule has 3 amide bonds. The molecule has 2 aromatic rings. The van der Waals surface area contributed by atoms with Crippen LogP contribution in [-0.2, 0) is 32.1 Å². The Hall–Kier alpha value is -3.69. The second-order valence-electron chi connectivity index (χ2n) is 9.29. The summed E-state index contributed by atoms with van der Waals surface area (Å²) in [5.74, 6) is -5.19. The molecule has 1 atom stereocenters. The number of nitrogens with zero attached hydrogens (tertiary/aromatic N) is 1. The van der Waals surface area contributed by atoms with E-state index < -0.39 is 29.6 Å². The second-order valence-corrected chi connectivity index (χ2v) is 9.29. The zero-order valence-corrected chi connectivity index (χ0v) is 20.6. The topological polar surface area (TPSA) is 117 Å². The summed E-state index contributed by atoms with van der Waals surface area (Å²) in [6, 6.07) is 13.0. The van der Waals surface area contributed by atoms with Crippen molar-refractivity contribution in [2.75, 3.05) is 6.54 Å². The van der Waals surface area contributed by atoms with E-state index >= 15 is 0 Å². The van der Waals surface area contributed by atoms with E-state index in [9.17, 15) is 28.0 Å². The summed E-state index contributed by atoms with van der Waals surface area (Å²) in [5.41, 5.74) is 1.33. The maximum absolute atomic E-state index is 13.3. The van der Waals surface area contributed by atoms with E-state index in [1.807, 2.05) is 6.07 Å². The van der Waals surface area contributed by atoms with Crippen molar-refractivity contribution >= 4 is 23.5 Å². The molecule has 198 valence electrons. The number of nitrogens with one attached hydrogen (secondary N) is 3. The van der Waals surface area contributed by atoms with Crippen molar-refractivity contribution in [1.82, 2.24) is 20.9 Å². The maximum atomic E-state index is 13.3. The molecule has 10 heteroatoms. The zero-order valence-electron chi connectivity index (χ0n) is 20.6. The van der Waals surface area contributed by atoms with Crippen LogP contribution >= 0.6 is 0 Å². The standard InChI is InChI=1S/C27H32F2N4O4/c28-27(29)13-11-19(12-14-27)9-10-23(34)31-18-24(35)33-22(16-20-6-2-1-3-7-20)25(36)26(37)32-17-21-8-4-5-15-30-21/h1-8,15,19,22H,9-14,16-18H2,(H,31,34)(H,32,37)(H,33,35)/t22-/m1/s1. The molecule has 0 saturated heterocycles. The zero-order chi connectivity index (χ0) is 26.7. The van der Waals surface area contributed by atoms with Crippen molar-refractivity contribution in [3.8, 4) is 0 Å². The van der Waals surface area contributed by atoms with Crippen LogP contribution < -0.4 is 16.0 Å². The molecule has 1 aliphatic rings. The number of alkyl halides is 2. The first-order valence-corrected chi connectivity index (χ1v) is 12.4. The number of hydrogen-bond acceptors (Lipinski definition) is 5. The fourth-order valence-electron chi connectivity index (χ4n) is 4.21. The Bertz CT molecular complexity index is 1060. The Labute approximate surface area is 214 Å². The Morgan fingerprint density at radius 3 is 2.32 bits per heavy atom. The van der Waals surface area contributed by atoms with Crippen LogP contribution in [0.15, 0.2) is 54.7 Å². The lowest BCUT2D eigenvalue weighted by Crippen LogP contribution is -2.50. The molecule has 1 aromatic heterocycles. The Morgan fingerprint density at radius 1 is 0.946 bits per heavy atom. The van der Waals surface area contributed by atoms with E-state index in [1.54, 1.807) is 48.7 Å². The Morgan fingerprint density at radius 2 is 1.65 bits per heavy atom. The molecule has 3 N–H and O–H groups in total. The summed E-state index contributed by atoms with van der Waals surface area (Å²) in [6.45, 7) is -0.304. The van der Waals surface area contributed by atoms with Gasteiger partial charge >= 0.3 is 0 Å². The molecule has 1 fully saturated rings. The quantitative estimate of drug-likeness (QED) is 0.377. The lowest BCUT2D eigenvalue weighted by molar-refractivity contribution is -0.140. The number of aromatic nitrogens is 1. The highest BCUT2D eigenvalue weighted by atomic mass is 19.3. The van der Waals surface area contributed by atoms with Gasteiger partial charge in [0.15, 0.2) is 0 Å². The van der Waals surface area contributed by atoms with Gasteiger partial charge in [0.25, 0.3) is 5.91 Å². The van der Waals surface area contributed by atoms with Crippen molar-refractivity contribution in [1.29, 1.82) is 0 Å². The van der Waals surface area contributed by atoms with Gasteiger partial charge in [-0.15, -0.1) is 0 Å². The fourth-order valence-corrected chi connectivity index (χ4v) is 4.21. The van der Waals surface area contributed by atoms with Gasteiger partial charge in [-0.3, -0.25) is 24.2 Å². The van der Waals surface area contributed by atoms with Crippen molar-refractivity contribution < 1.29 is 28.0 Å². The van der Waals surface area contributed by atoms with Crippen LogP contribution in [0.1, 0.15) is 49.8 Å². The minimum atomic E-state index is -2.61. The maximum Gasteiger partial charge on any atom is 0.289 e. The SMILES string of the molecule is O=C(CCC1CCC(F)(F)CC1)NCC(=O)N[C@H](Cc1ccccc1)C(=O)C(=O)NCc1ccccn1. The smallest absolute Gasteiger partial charge is 0.289 e. The average molecular weight is 515 g/mol. The number of amides is 3. The van der Waals surface area contributed by atoms with E-state index in [2.05, 4.69) is 20.9 Å². The molecule has 1 aliphatic carbocycles. The summed E-state index contributed by atoms with van der Waals surface area (Å²) in [4.78, 5) is 54.2. The van der Waals surface area contributed by atoms with Crippen LogP contribution in [0.2, 0.25) is 0 Å². The monoisotopic (exact) mass is 514 g/mol. The van der Waals surface area contributed by atoms with Crippen molar-refractivity contribution in [3.63, 3.8) is 0 Å². The summed E-state index contributed by atoms with van der Waals surface area (Å²) >= 11 is 0. The number of rotatable bonds is 12. The van der Waals surface area contributed by atoms with Crippen LogP contribution in [-0.4, -0.2) is 47.0 Å². The van der Waals surface area contributed by atoms with E-state index in [-0.39, 0.29) is 50.6 Å². The van der Waals surface area contributed by atoms with Gasteiger partial charge < -0.3 is 16.0 Å². The summed E-state index contributed by atoms with van der Waals surface area (Å²) in [7, 11) is 0. The fraction of sp³-hybridized carbons (Fsp3) is 0.444. The highest BCUT2D eigenvalue weighted by molar-refractivity contribution is 6.38. The van der Waals surface area contributed by atoms with Crippen LogP contribution in [0.5, 0.6) is 0 Å². The van der Waals surface area contributed by atoms with Gasteiger partial charge in [-0.05, 0) is 42.9 Å². The third-order valence-corrected chi connectivity index (χ3v) is 6.38. The molecule has 1 saturated carbocycles. The second kappa shape index (κ2) is 13.6. The molecule has 1 aromatic carbocycles. The number of carbonyl (C=O) groups is 4. The Kier molecular flexibility index (Phi) is 10.2. The number of hydrogen-bond donors (Lipinski definition) is 3. The van der Waals surface area contributed by atoms with E-state index in [4.69, 9.17) is 0 Å². The minimum absolute atomic E-state index is 0.0616. The van der Waals surface area contributed by atoms with Crippen LogP contribution in [0.3, 0.4) is 0 Å². The molecular weight excluding hydrogens is 482 g/mol. The summed E-state index contributed by atoms with van der Waals surface area (Å²) < 4.78 is 26.6. The number of benzene rings is 1. The van der Waals surface area contributed by atoms with Crippen LogP contribution in [0.25, 0.3) is 0 Å². The van der Waals surface area contributed by atoms with E-state index in [0.29, 0.717) is 25.0 Å². The van der Waals surface area contributed by atoms with Crippen molar-refractivity contribution in [2.45, 2.75) is 63.5 Å². The first kappa shape index (κ1) is 27.9. The first-order valence-electron chi connectivity index (χ1n) is 12.4. The predicted molar refractivity (Wildman–Crippen MR) is 132 cm³/mol. The third-order valence-electron chi connectivity index (χ3n) is 6.38. The third kappa shape index (κ3) is 9.70. The van der Waals surface area contributed by atoms with Gasteiger partial charge in [-0.2, -0.15) is 0 Å². The molecule has 1 heterocycles. The summed E-state index contributed by atoms with van der Waals surface area (Å²) in [5, 5.41) is 7.58. The van der Waals surface area contributed by atoms with Gasteiger partial charge in [0.05, 0.1) is 18.8 Å². The highest BCUT2D eigenvalue weighted by Crippen LogP contribution is 2.37. The minimum Gasteiger partial charge on any atom is -0.347 e. The first-order chi connectivity index (χ1) is 17.7. The molecule has 0 spiro atoms. The van der Waals surface area contributed by atoms with Gasteiger partial charge in [0.1, 0.15) is 6.04 Å². The molecule has 0 unspecified atom stereocenters. The lowest BCUT2D eigenvalue weighted by atomic mass is 9.84. The van der Waals surface area contributed by atoms with Crippen molar-refractivity contribution in [2.24, 2.45) is 5.92 Å². The predicted octanol–water partition coefficient (Wildman–Crippen LogP) is 2.72. The normalized spacial score (nSPS) is 15.8. The molecule has 0 aliphatic heterocycles. The number of carbonyl (C=O) groups excluding carboxylic acids is 4. The molecule has 0 bridgehead atoms. The number of halogens is 2.